The molecule has 1 saturated carbocycles. The molecule has 0 bridgehead atoms. The number of aromatic nitrogens is 1. The number of ether oxygens (including phenoxy) is 1. The van der Waals surface area contributed by atoms with E-state index in [1.807, 2.05) is 24.3 Å². The summed E-state index contributed by atoms with van der Waals surface area (Å²) >= 11 is 0. The van der Waals surface area contributed by atoms with Crippen LogP contribution in [0.3, 0.4) is 0 Å². The van der Waals surface area contributed by atoms with Gasteiger partial charge in [0.15, 0.2) is 5.58 Å². The fraction of sp³-hybridized carbons (Fsp3) is 0.533. The molecule has 100 valence electrons. The lowest BCUT2D eigenvalue weighted by atomic mass is 10.1. The van der Waals surface area contributed by atoms with E-state index in [9.17, 15) is 0 Å². The molecule has 1 aliphatic heterocycles. The van der Waals surface area contributed by atoms with Gasteiger partial charge in [0.1, 0.15) is 5.52 Å². The summed E-state index contributed by atoms with van der Waals surface area (Å²) in [6.45, 7) is 2.79. The summed E-state index contributed by atoms with van der Waals surface area (Å²) in [5, 5.41) is 0. The van der Waals surface area contributed by atoms with E-state index < -0.39 is 0 Å². The molecule has 1 aromatic heterocycles. The van der Waals surface area contributed by atoms with Gasteiger partial charge in [0.2, 0.25) is 0 Å². The monoisotopic (exact) mass is 258 g/mol. The van der Waals surface area contributed by atoms with E-state index in [0.717, 1.165) is 43.3 Å². The largest absolute Gasteiger partial charge is 0.423 e. The van der Waals surface area contributed by atoms with Crippen molar-refractivity contribution in [1.29, 1.82) is 0 Å². The lowest BCUT2D eigenvalue weighted by Crippen LogP contribution is -2.32. The van der Waals surface area contributed by atoms with Crippen molar-refractivity contribution in [3.05, 3.63) is 24.3 Å². The first-order chi connectivity index (χ1) is 9.40. The topological polar surface area (TPSA) is 38.5 Å². The van der Waals surface area contributed by atoms with Gasteiger partial charge in [-0.05, 0) is 31.4 Å². The standard InChI is InChI=1S/C15H18N2O2/c1-2-4-14-13(3-1)16-15(19-14)17(12-5-6-12)9-11-7-8-18-10-11/h1-4,11-12H,5-10H2. The molecule has 2 aliphatic rings. The highest BCUT2D eigenvalue weighted by molar-refractivity contribution is 5.74. The maximum atomic E-state index is 5.92. The molecule has 2 heterocycles. The van der Waals surface area contributed by atoms with Crippen molar-refractivity contribution in [2.24, 2.45) is 5.92 Å². The lowest BCUT2D eigenvalue weighted by molar-refractivity contribution is 0.186. The first-order valence-corrected chi connectivity index (χ1v) is 7.10. The predicted octanol–water partition coefficient (Wildman–Crippen LogP) is 2.83. The molecule has 1 aromatic carbocycles. The fourth-order valence-corrected chi connectivity index (χ4v) is 2.76. The average Bonchev–Trinajstić information content (AvgIpc) is 2.99. The van der Waals surface area contributed by atoms with Crippen LogP contribution in [0.25, 0.3) is 11.1 Å². The summed E-state index contributed by atoms with van der Waals surface area (Å²) in [5.74, 6) is 0.621. The molecule has 2 fully saturated rings. The molecule has 4 rings (SSSR count). The second-order valence-corrected chi connectivity index (χ2v) is 5.58. The number of benzene rings is 1. The Kier molecular flexibility index (Phi) is 2.69. The van der Waals surface area contributed by atoms with Crippen molar-refractivity contribution < 1.29 is 9.15 Å². The SMILES string of the molecule is c1ccc2oc(N(CC3CCOC3)C3CC3)nc2c1. The van der Waals surface area contributed by atoms with Crippen LogP contribution in [0, 0.1) is 5.92 Å². The first-order valence-electron chi connectivity index (χ1n) is 7.10. The van der Waals surface area contributed by atoms with Crippen LogP contribution < -0.4 is 4.90 Å². The number of anilines is 1. The molecule has 1 atom stereocenters. The number of fused-ring (bicyclic) bond motifs is 1. The van der Waals surface area contributed by atoms with E-state index in [1.54, 1.807) is 0 Å². The van der Waals surface area contributed by atoms with E-state index in [1.165, 1.54) is 12.8 Å². The van der Waals surface area contributed by atoms with E-state index in [0.29, 0.717) is 12.0 Å². The molecule has 2 aromatic rings. The maximum absolute atomic E-state index is 5.92. The van der Waals surface area contributed by atoms with Crippen LogP contribution in [0.2, 0.25) is 0 Å². The van der Waals surface area contributed by atoms with Gasteiger partial charge < -0.3 is 14.1 Å². The van der Waals surface area contributed by atoms with E-state index in [4.69, 9.17) is 9.15 Å². The molecule has 0 radical (unpaired) electrons. The summed E-state index contributed by atoms with van der Waals surface area (Å²) in [4.78, 5) is 6.98. The number of oxazole rings is 1. The summed E-state index contributed by atoms with van der Waals surface area (Å²) in [6.07, 6.45) is 3.67. The third-order valence-electron chi connectivity index (χ3n) is 3.99. The number of hydrogen-bond donors (Lipinski definition) is 0. The molecule has 0 amide bonds. The van der Waals surface area contributed by atoms with Crippen LogP contribution in [0.4, 0.5) is 6.01 Å². The number of nitrogens with zero attached hydrogens (tertiary/aromatic N) is 2. The van der Waals surface area contributed by atoms with E-state index >= 15 is 0 Å². The van der Waals surface area contributed by atoms with Crippen LogP contribution >= 0.6 is 0 Å². The highest BCUT2D eigenvalue weighted by Crippen LogP contribution is 2.34. The fourth-order valence-electron chi connectivity index (χ4n) is 2.76. The first kappa shape index (κ1) is 11.3. The highest BCUT2D eigenvalue weighted by Gasteiger charge is 2.34. The Morgan fingerprint density at radius 3 is 2.84 bits per heavy atom. The molecular weight excluding hydrogens is 240 g/mol. The van der Waals surface area contributed by atoms with Gasteiger partial charge in [0, 0.05) is 25.1 Å². The van der Waals surface area contributed by atoms with Crippen LogP contribution in [-0.4, -0.2) is 30.8 Å². The zero-order valence-corrected chi connectivity index (χ0v) is 10.9. The van der Waals surface area contributed by atoms with Gasteiger partial charge in [-0.2, -0.15) is 4.98 Å². The van der Waals surface area contributed by atoms with Crippen molar-refractivity contribution in [3.8, 4) is 0 Å². The summed E-state index contributed by atoms with van der Waals surface area (Å²) < 4.78 is 11.4. The predicted molar refractivity (Wildman–Crippen MR) is 73.3 cm³/mol. The lowest BCUT2D eigenvalue weighted by Gasteiger charge is -2.22. The number of hydrogen-bond acceptors (Lipinski definition) is 4. The second kappa shape index (κ2) is 4.53. The van der Waals surface area contributed by atoms with Gasteiger partial charge in [-0.1, -0.05) is 12.1 Å². The zero-order valence-electron chi connectivity index (χ0n) is 10.9. The van der Waals surface area contributed by atoms with Gasteiger partial charge in [-0.15, -0.1) is 0 Å². The Labute approximate surface area is 112 Å². The second-order valence-electron chi connectivity index (χ2n) is 5.58. The Morgan fingerprint density at radius 2 is 2.11 bits per heavy atom. The third-order valence-corrected chi connectivity index (χ3v) is 3.99. The maximum Gasteiger partial charge on any atom is 0.298 e. The van der Waals surface area contributed by atoms with Crippen molar-refractivity contribution in [2.75, 3.05) is 24.7 Å². The summed E-state index contributed by atoms with van der Waals surface area (Å²) in [6, 6.07) is 9.39. The van der Waals surface area contributed by atoms with Gasteiger partial charge in [0.25, 0.3) is 6.01 Å². The van der Waals surface area contributed by atoms with Crippen molar-refractivity contribution in [2.45, 2.75) is 25.3 Å². The van der Waals surface area contributed by atoms with Crippen molar-refractivity contribution in [3.63, 3.8) is 0 Å². The molecule has 19 heavy (non-hydrogen) atoms. The van der Waals surface area contributed by atoms with Gasteiger partial charge in [-0.3, -0.25) is 0 Å². The highest BCUT2D eigenvalue weighted by atomic mass is 16.5. The van der Waals surface area contributed by atoms with E-state index in [2.05, 4.69) is 9.88 Å². The molecule has 1 unspecified atom stereocenters. The molecule has 4 heteroatoms. The average molecular weight is 258 g/mol. The minimum atomic E-state index is 0.619. The third kappa shape index (κ3) is 2.21. The smallest absolute Gasteiger partial charge is 0.298 e. The normalized spacial score (nSPS) is 23.1. The Bertz CT molecular complexity index is 537. The molecule has 1 saturated heterocycles. The molecule has 4 nitrogen and oxygen atoms in total. The van der Waals surface area contributed by atoms with Crippen molar-refractivity contribution in [1.82, 2.24) is 4.98 Å². The van der Waals surface area contributed by atoms with Crippen LogP contribution in [0.15, 0.2) is 28.7 Å². The van der Waals surface area contributed by atoms with E-state index in [-0.39, 0.29) is 0 Å². The molecule has 0 N–H and O–H groups in total. The van der Waals surface area contributed by atoms with Gasteiger partial charge in [0.05, 0.1) is 6.61 Å². The Morgan fingerprint density at radius 1 is 1.21 bits per heavy atom. The zero-order chi connectivity index (χ0) is 12.7. The van der Waals surface area contributed by atoms with Crippen LogP contribution in [0.5, 0.6) is 0 Å². The minimum absolute atomic E-state index is 0.619. The molecule has 0 spiro atoms. The Balaban J connectivity index is 1.61. The number of para-hydroxylation sites is 2. The van der Waals surface area contributed by atoms with Crippen molar-refractivity contribution >= 4 is 17.1 Å². The van der Waals surface area contributed by atoms with Gasteiger partial charge in [-0.25, -0.2) is 0 Å². The molecule has 1 aliphatic carbocycles. The van der Waals surface area contributed by atoms with Crippen LogP contribution in [-0.2, 0) is 4.74 Å². The van der Waals surface area contributed by atoms with Gasteiger partial charge >= 0.3 is 0 Å². The van der Waals surface area contributed by atoms with Crippen LogP contribution in [0.1, 0.15) is 19.3 Å². The minimum Gasteiger partial charge on any atom is -0.423 e. The summed E-state index contributed by atoms with van der Waals surface area (Å²) in [7, 11) is 0. The Hall–Kier alpha value is -1.55. The quantitative estimate of drug-likeness (QED) is 0.845. The summed E-state index contributed by atoms with van der Waals surface area (Å²) in [5.41, 5.74) is 1.83. The molecular formula is C15H18N2O2. The number of rotatable bonds is 4.